The number of thiocarbonyl (C=S) groups is 1. The van der Waals surface area contributed by atoms with E-state index in [4.69, 9.17) is 12.2 Å². The first-order valence-electron chi connectivity index (χ1n) is 8.37. The maximum atomic E-state index is 5.49. The van der Waals surface area contributed by atoms with Gasteiger partial charge in [-0.25, -0.2) is 0 Å². The van der Waals surface area contributed by atoms with Crippen LogP contribution in [0.25, 0.3) is 0 Å². The zero-order valence-electron chi connectivity index (χ0n) is 13.7. The molecule has 1 aromatic carbocycles. The SMILES string of the molecule is CC[C@H](C)c1ccc([C@H](NC(=S)NC2CC2)c2cccs2)cc1. The highest BCUT2D eigenvalue weighted by molar-refractivity contribution is 7.80. The lowest BCUT2D eigenvalue weighted by Crippen LogP contribution is -2.39. The topological polar surface area (TPSA) is 24.1 Å². The standard InChI is InChI=1S/C19H24N2S2/c1-3-13(2)14-6-8-15(9-7-14)18(17-5-4-12-23-17)21-19(22)20-16-10-11-16/h4-9,12-13,16,18H,3,10-11H2,1-2H3,(H2,20,21,22)/t13-,18-/m0/s1. The second kappa shape index (κ2) is 7.45. The number of rotatable bonds is 6. The summed E-state index contributed by atoms with van der Waals surface area (Å²) in [6.07, 6.45) is 3.63. The molecule has 2 N–H and O–H groups in total. The number of benzene rings is 1. The Morgan fingerprint density at radius 2 is 1.91 bits per heavy atom. The van der Waals surface area contributed by atoms with Crippen molar-refractivity contribution in [3.63, 3.8) is 0 Å². The van der Waals surface area contributed by atoms with E-state index >= 15 is 0 Å². The van der Waals surface area contributed by atoms with Crippen LogP contribution in [0.4, 0.5) is 0 Å². The predicted octanol–water partition coefficient (Wildman–Crippen LogP) is 4.98. The van der Waals surface area contributed by atoms with Gasteiger partial charge in [-0.05, 0) is 60.0 Å². The average molecular weight is 345 g/mol. The van der Waals surface area contributed by atoms with E-state index in [0.717, 1.165) is 5.11 Å². The van der Waals surface area contributed by atoms with E-state index in [1.165, 1.54) is 35.3 Å². The van der Waals surface area contributed by atoms with Gasteiger partial charge in [-0.15, -0.1) is 11.3 Å². The maximum Gasteiger partial charge on any atom is 0.167 e. The van der Waals surface area contributed by atoms with Crippen LogP contribution in [0, 0.1) is 0 Å². The highest BCUT2D eigenvalue weighted by Crippen LogP contribution is 2.28. The molecule has 0 radical (unpaired) electrons. The molecule has 122 valence electrons. The van der Waals surface area contributed by atoms with Crippen molar-refractivity contribution in [3.05, 3.63) is 57.8 Å². The van der Waals surface area contributed by atoms with Crippen LogP contribution in [0.2, 0.25) is 0 Å². The Morgan fingerprint density at radius 3 is 2.48 bits per heavy atom. The number of thiophene rings is 1. The zero-order chi connectivity index (χ0) is 16.2. The molecule has 2 nitrogen and oxygen atoms in total. The third kappa shape index (κ3) is 4.33. The van der Waals surface area contributed by atoms with E-state index in [1.54, 1.807) is 11.3 Å². The molecule has 2 aromatic rings. The Labute approximate surface area is 148 Å². The van der Waals surface area contributed by atoms with Crippen molar-refractivity contribution in [1.82, 2.24) is 10.6 Å². The van der Waals surface area contributed by atoms with Crippen LogP contribution < -0.4 is 10.6 Å². The van der Waals surface area contributed by atoms with Gasteiger partial charge in [-0.2, -0.15) is 0 Å². The van der Waals surface area contributed by atoms with E-state index in [0.29, 0.717) is 12.0 Å². The van der Waals surface area contributed by atoms with Gasteiger partial charge in [0.15, 0.2) is 5.11 Å². The van der Waals surface area contributed by atoms with Crippen molar-refractivity contribution >= 4 is 28.7 Å². The van der Waals surface area contributed by atoms with Crippen molar-refractivity contribution in [3.8, 4) is 0 Å². The van der Waals surface area contributed by atoms with Crippen LogP contribution in [-0.4, -0.2) is 11.2 Å². The third-order valence-electron chi connectivity index (χ3n) is 4.47. The monoisotopic (exact) mass is 344 g/mol. The maximum absolute atomic E-state index is 5.49. The lowest BCUT2D eigenvalue weighted by Gasteiger charge is -2.21. The number of nitrogens with one attached hydrogen (secondary N) is 2. The molecule has 0 amide bonds. The van der Waals surface area contributed by atoms with Crippen LogP contribution in [0.5, 0.6) is 0 Å². The average Bonchev–Trinajstić information content (AvgIpc) is 3.21. The Balaban J connectivity index is 1.78. The highest BCUT2D eigenvalue weighted by Gasteiger charge is 2.23. The molecule has 0 unspecified atom stereocenters. The summed E-state index contributed by atoms with van der Waals surface area (Å²) in [6, 6.07) is 13.9. The third-order valence-corrected chi connectivity index (χ3v) is 5.64. The fraction of sp³-hybridized carbons (Fsp3) is 0.421. The van der Waals surface area contributed by atoms with Crippen LogP contribution in [0.15, 0.2) is 41.8 Å². The minimum atomic E-state index is 0.125. The zero-order valence-corrected chi connectivity index (χ0v) is 15.3. The van der Waals surface area contributed by atoms with Crippen LogP contribution in [-0.2, 0) is 0 Å². The molecule has 1 saturated carbocycles. The normalized spacial score (nSPS) is 16.6. The number of hydrogen-bond donors (Lipinski definition) is 2. The highest BCUT2D eigenvalue weighted by atomic mass is 32.1. The van der Waals surface area contributed by atoms with E-state index in [2.05, 4.69) is 66.3 Å². The van der Waals surface area contributed by atoms with E-state index in [9.17, 15) is 0 Å². The second-order valence-corrected chi connectivity index (χ2v) is 7.70. The quantitative estimate of drug-likeness (QED) is 0.723. The van der Waals surface area contributed by atoms with E-state index < -0.39 is 0 Å². The van der Waals surface area contributed by atoms with Crippen molar-refractivity contribution in [2.45, 2.75) is 51.1 Å². The van der Waals surface area contributed by atoms with Gasteiger partial charge in [0, 0.05) is 10.9 Å². The van der Waals surface area contributed by atoms with Gasteiger partial charge in [-0.1, -0.05) is 44.2 Å². The van der Waals surface area contributed by atoms with Crippen molar-refractivity contribution < 1.29 is 0 Å². The molecule has 4 heteroatoms. The first kappa shape index (κ1) is 16.5. The van der Waals surface area contributed by atoms with Crippen molar-refractivity contribution in [2.24, 2.45) is 0 Å². The predicted molar refractivity (Wildman–Crippen MR) is 103 cm³/mol. The molecule has 1 aliphatic rings. The van der Waals surface area contributed by atoms with Gasteiger partial charge in [0.1, 0.15) is 0 Å². The molecule has 1 aliphatic carbocycles. The minimum Gasteiger partial charge on any atom is -0.360 e. The molecule has 0 aliphatic heterocycles. The molecule has 3 rings (SSSR count). The van der Waals surface area contributed by atoms with Crippen molar-refractivity contribution in [2.75, 3.05) is 0 Å². The summed E-state index contributed by atoms with van der Waals surface area (Å²) in [5.41, 5.74) is 2.67. The molecule has 1 heterocycles. The Bertz CT molecular complexity index is 630. The van der Waals surface area contributed by atoms with Gasteiger partial charge in [0.05, 0.1) is 6.04 Å². The second-order valence-electron chi connectivity index (χ2n) is 6.32. The minimum absolute atomic E-state index is 0.125. The summed E-state index contributed by atoms with van der Waals surface area (Å²) in [4.78, 5) is 1.29. The Morgan fingerprint density at radius 1 is 1.22 bits per heavy atom. The molecule has 23 heavy (non-hydrogen) atoms. The summed E-state index contributed by atoms with van der Waals surface area (Å²) in [7, 11) is 0. The van der Waals surface area contributed by atoms with E-state index in [-0.39, 0.29) is 6.04 Å². The molecule has 1 aromatic heterocycles. The van der Waals surface area contributed by atoms with Crippen LogP contribution >= 0.6 is 23.6 Å². The molecule has 2 atom stereocenters. The lowest BCUT2D eigenvalue weighted by molar-refractivity contribution is 0.725. The summed E-state index contributed by atoms with van der Waals surface area (Å²) >= 11 is 7.26. The van der Waals surface area contributed by atoms with Gasteiger partial charge < -0.3 is 10.6 Å². The smallest absolute Gasteiger partial charge is 0.167 e. The molecule has 0 saturated heterocycles. The van der Waals surface area contributed by atoms with Gasteiger partial charge in [0.2, 0.25) is 0 Å². The first-order chi connectivity index (χ1) is 11.2. The fourth-order valence-corrected chi connectivity index (χ4v) is 3.70. The fourth-order valence-electron chi connectivity index (χ4n) is 2.61. The van der Waals surface area contributed by atoms with Crippen LogP contribution in [0.3, 0.4) is 0 Å². The Hall–Kier alpha value is -1.39. The summed E-state index contributed by atoms with van der Waals surface area (Å²) < 4.78 is 0. The summed E-state index contributed by atoms with van der Waals surface area (Å²) in [5, 5.41) is 9.76. The Kier molecular flexibility index (Phi) is 5.34. The molecular formula is C19H24N2S2. The van der Waals surface area contributed by atoms with Gasteiger partial charge in [0.25, 0.3) is 0 Å². The van der Waals surface area contributed by atoms with Gasteiger partial charge in [-0.3, -0.25) is 0 Å². The summed E-state index contributed by atoms with van der Waals surface area (Å²) in [5.74, 6) is 0.606. The summed E-state index contributed by atoms with van der Waals surface area (Å²) in [6.45, 7) is 4.51. The van der Waals surface area contributed by atoms with Crippen molar-refractivity contribution in [1.29, 1.82) is 0 Å². The molecule has 1 fully saturated rings. The van der Waals surface area contributed by atoms with Gasteiger partial charge >= 0.3 is 0 Å². The lowest BCUT2D eigenvalue weighted by atomic mass is 9.95. The molecule has 0 bridgehead atoms. The molecule has 0 spiro atoms. The largest absolute Gasteiger partial charge is 0.360 e. The first-order valence-corrected chi connectivity index (χ1v) is 9.66. The van der Waals surface area contributed by atoms with Crippen LogP contribution in [0.1, 0.15) is 61.1 Å². The molecular weight excluding hydrogens is 320 g/mol. The number of hydrogen-bond acceptors (Lipinski definition) is 2. The van der Waals surface area contributed by atoms with E-state index in [1.807, 2.05) is 0 Å².